The van der Waals surface area contributed by atoms with Crippen LogP contribution in [0, 0.1) is 0 Å². The molecule has 2 aromatic carbocycles. The van der Waals surface area contributed by atoms with Gasteiger partial charge in [0.1, 0.15) is 0 Å². The van der Waals surface area contributed by atoms with E-state index in [4.69, 9.17) is 9.47 Å². The highest BCUT2D eigenvalue weighted by molar-refractivity contribution is 5.91. The lowest BCUT2D eigenvalue weighted by molar-refractivity contribution is -0.121. The lowest BCUT2D eigenvalue weighted by Crippen LogP contribution is -2.16. The first-order chi connectivity index (χ1) is 14.1. The van der Waals surface area contributed by atoms with E-state index in [1.54, 1.807) is 42.5 Å². The predicted octanol–water partition coefficient (Wildman–Crippen LogP) is 4.73. The fourth-order valence-electron chi connectivity index (χ4n) is 2.64. The number of carbonyl (C=O) groups is 2. The molecule has 0 aliphatic heterocycles. The van der Waals surface area contributed by atoms with Crippen LogP contribution in [-0.4, -0.2) is 24.7 Å². The summed E-state index contributed by atoms with van der Waals surface area (Å²) in [6, 6.07) is 13.9. The molecule has 0 aromatic heterocycles. The molecule has 1 N–H and O–H groups in total. The second-order valence-electron chi connectivity index (χ2n) is 6.50. The number of carbonyl (C=O) groups excluding carboxylic acids is 2. The molecule has 6 nitrogen and oxygen atoms in total. The van der Waals surface area contributed by atoms with Crippen LogP contribution in [0.4, 0.5) is 0 Å². The zero-order valence-corrected chi connectivity index (χ0v) is 17.0. The molecule has 0 heterocycles. The Balaban J connectivity index is 1.97. The summed E-state index contributed by atoms with van der Waals surface area (Å²) < 4.78 is 11.1. The van der Waals surface area contributed by atoms with E-state index >= 15 is 0 Å². The summed E-state index contributed by atoms with van der Waals surface area (Å²) >= 11 is 0. The molecule has 1 amide bonds. The fourth-order valence-corrected chi connectivity index (χ4v) is 2.64. The summed E-state index contributed by atoms with van der Waals surface area (Å²) in [5.41, 5.74) is 3.71. The van der Waals surface area contributed by atoms with E-state index in [0.717, 1.165) is 31.2 Å². The van der Waals surface area contributed by atoms with Crippen molar-refractivity contribution in [1.29, 1.82) is 0 Å². The van der Waals surface area contributed by atoms with Gasteiger partial charge in [0.2, 0.25) is 5.91 Å². The number of esters is 1. The monoisotopic (exact) mass is 396 g/mol. The second kappa shape index (κ2) is 12.3. The van der Waals surface area contributed by atoms with Crippen molar-refractivity contribution in [1.82, 2.24) is 5.43 Å². The number of nitrogens with zero attached hydrogens (tertiary/aromatic N) is 1. The third-order valence-electron chi connectivity index (χ3n) is 4.14. The van der Waals surface area contributed by atoms with Crippen LogP contribution < -0.4 is 14.9 Å². The third kappa shape index (κ3) is 7.78. The number of amides is 1. The Bertz CT molecular complexity index is 819. The Morgan fingerprint density at radius 3 is 2.52 bits per heavy atom. The molecule has 0 bridgehead atoms. The van der Waals surface area contributed by atoms with Crippen LogP contribution in [0.3, 0.4) is 0 Å². The van der Waals surface area contributed by atoms with Crippen LogP contribution in [0.2, 0.25) is 0 Å². The minimum atomic E-state index is -0.455. The third-order valence-corrected chi connectivity index (χ3v) is 4.14. The van der Waals surface area contributed by atoms with Crippen molar-refractivity contribution in [3.63, 3.8) is 0 Å². The van der Waals surface area contributed by atoms with Gasteiger partial charge in [-0.25, -0.2) is 10.2 Å². The molecule has 0 saturated carbocycles. The van der Waals surface area contributed by atoms with Crippen molar-refractivity contribution in [3.8, 4) is 11.5 Å². The van der Waals surface area contributed by atoms with Gasteiger partial charge in [0.25, 0.3) is 0 Å². The Morgan fingerprint density at radius 1 is 1.00 bits per heavy atom. The lowest BCUT2D eigenvalue weighted by atomic mass is 10.1. The van der Waals surface area contributed by atoms with Gasteiger partial charge in [0, 0.05) is 6.42 Å². The minimum absolute atomic E-state index is 0.101. The average Bonchev–Trinajstić information content (AvgIpc) is 2.74. The quantitative estimate of drug-likeness (QED) is 0.196. The van der Waals surface area contributed by atoms with Crippen molar-refractivity contribution in [3.05, 3.63) is 59.7 Å². The van der Waals surface area contributed by atoms with Crippen LogP contribution in [-0.2, 0) is 4.79 Å². The van der Waals surface area contributed by atoms with E-state index in [0.29, 0.717) is 30.1 Å². The highest BCUT2D eigenvalue weighted by Gasteiger charge is 2.13. The van der Waals surface area contributed by atoms with E-state index in [2.05, 4.69) is 17.5 Å². The van der Waals surface area contributed by atoms with Gasteiger partial charge in [-0.3, -0.25) is 4.79 Å². The van der Waals surface area contributed by atoms with Crippen LogP contribution in [0.15, 0.2) is 53.6 Å². The summed E-state index contributed by atoms with van der Waals surface area (Å²) in [6.07, 6.45) is 6.20. The van der Waals surface area contributed by atoms with Gasteiger partial charge < -0.3 is 9.47 Å². The van der Waals surface area contributed by atoms with E-state index in [1.807, 2.05) is 13.0 Å². The largest absolute Gasteiger partial charge is 0.490 e. The Labute approximate surface area is 171 Å². The van der Waals surface area contributed by atoms with Crippen molar-refractivity contribution < 1.29 is 19.1 Å². The van der Waals surface area contributed by atoms with Crippen LogP contribution in [0.1, 0.15) is 61.9 Å². The van der Waals surface area contributed by atoms with Crippen LogP contribution in [0.5, 0.6) is 11.5 Å². The fraction of sp³-hybridized carbons (Fsp3) is 0.348. The molecule has 154 valence electrons. The summed E-state index contributed by atoms with van der Waals surface area (Å²) in [7, 11) is 0. The van der Waals surface area contributed by atoms with Gasteiger partial charge in [-0.05, 0) is 49.2 Å². The first-order valence-electron chi connectivity index (χ1n) is 10.00. The molecular weight excluding hydrogens is 368 g/mol. The van der Waals surface area contributed by atoms with Gasteiger partial charge in [-0.2, -0.15) is 5.10 Å². The SMILES string of the molecule is CCCCCCC(=O)NN=Cc1ccc(OC(=O)c2ccccc2)c(OCC)c1. The summed E-state index contributed by atoms with van der Waals surface area (Å²) in [5.74, 6) is 0.212. The summed E-state index contributed by atoms with van der Waals surface area (Å²) in [5, 5.41) is 3.99. The van der Waals surface area contributed by atoms with Gasteiger partial charge in [-0.1, -0.05) is 44.4 Å². The zero-order chi connectivity index (χ0) is 20.9. The number of ether oxygens (including phenoxy) is 2. The molecular formula is C23H28N2O4. The molecule has 0 atom stereocenters. The Kier molecular flexibility index (Phi) is 9.42. The topological polar surface area (TPSA) is 77.0 Å². The van der Waals surface area contributed by atoms with E-state index in [-0.39, 0.29) is 5.91 Å². The molecule has 0 spiro atoms. The second-order valence-corrected chi connectivity index (χ2v) is 6.50. The highest BCUT2D eigenvalue weighted by Crippen LogP contribution is 2.28. The van der Waals surface area contributed by atoms with Crippen LogP contribution >= 0.6 is 0 Å². The molecule has 6 heteroatoms. The molecule has 0 aliphatic carbocycles. The number of hydrazone groups is 1. The van der Waals surface area contributed by atoms with Gasteiger partial charge in [-0.15, -0.1) is 0 Å². The molecule has 2 aromatic rings. The Morgan fingerprint density at radius 2 is 1.79 bits per heavy atom. The van der Waals surface area contributed by atoms with E-state index < -0.39 is 5.97 Å². The maximum Gasteiger partial charge on any atom is 0.343 e. The number of hydrogen-bond acceptors (Lipinski definition) is 5. The first kappa shape index (κ1) is 22.1. The predicted molar refractivity (Wildman–Crippen MR) is 114 cm³/mol. The molecule has 0 saturated heterocycles. The number of benzene rings is 2. The molecule has 0 unspecified atom stereocenters. The van der Waals surface area contributed by atoms with Gasteiger partial charge in [0.05, 0.1) is 18.4 Å². The maximum absolute atomic E-state index is 12.3. The van der Waals surface area contributed by atoms with Gasteiger partial charge >= 0.3 is 5.97 Å². The number of hydrogen-bond donors (Lipinski definition) is 1. The van der Waals surface area contributed by atoms with Crippen LogP contribution in [0.25, 0.3) is 0 Å². The lowest BCUT2D eigenvalue weighted by Gasteiger charge is -2.11. The number of unbranched alkanes of at least 4 members (excludes halogenated alkanes) is 3. The normalized spacial score (nSPS) is 10.7. The molecule has 0 aliphatic rings. The highest BCUT2D eigenvalue weighted by atomic mass is 16.6. The average molecular weight is 396 g/mol. The molecule has 0 fully saturated rings. The minimum Gasteiger partial charge on any atom is -0.490 e. The zero-order valence-electron chi connectivity index (χ0n) is 17.0. The summed E-state index contributed by atoms with van der Waals surface area (Å²) in [6.45, 7) is 4.40. The standard InChI is InChI=1S/C23H28N2O4/c1-3-5-6-10-13-22(26)25-24-17-18-14-15-20(21(16-18)28-4-2)29-23(27)19-11-8-7-9-12-19/h7-9,11-12,14-17H,3-6,10,13H2,1-2H3,(H,25,26). The van der Waals surface area contributed by atoms with Crippen molar-refractivity contribution >= 4 is 18.1 Å². The van der Waals surface area contributed by atoms with E-state index in [9.17, 15) is 9.59 Å². The van der Waals surface area contributed by atoms with E-state index in [1.165, 1.54) is 6.21 Å². The first-order valence-corrected chi connectivity index (χ1v) is 10.00. The maximum atomic E-state index is 12.3. The van der Waals surface area contributed by atoms with Crippen molar-refractivity contribution in [2.75, 3.05) is 6.61 Å². The summed E-state index contributed by atoms with van der Waals surface area (Å²) in [4.78, 5) is 24.0. The molecule has 29 heavy (non-hydrogen) atoms. The smallest absolute Gasteiger partial charge is 0.343 e. The Hall–Kier alpha value is -3.15. The number of nitrogens with one attached hydrogen (secondary N) is 1. The van der Waals surface area contributed by atoms with Gasteiger partial charge in [0.15, 0.2) is 11.5 Å². The number of rotatable bonds is 11. The molecule has 2 rings (SSSR count). The van der Waals surface area contributed by atoms with Crippen molar-refractivity contribution in [2.45, 2.75) is 46.0 Å². The molecule has 0 radical (unpaired) electrons. The van der Waals surface area contributed by atoms with Crippen molar-refractivity contribution in [2.24, 2.45) is 5.10 Å².